The second-order valence-corrected chi connectivity index (χ2v) is 7.02. The van der Waals surface area contributed by atoms with Crippen molar-refractivity contribution < 1.29 is 14.3 Å². The summed E-state index contributed by atoms with van der Waals surface area (Å²) in [4.78, 5) is 14.5. The van der Waals surface area contributed by atoms with Crippen molar-refractivity contribution in [3.63, 3.8) is 0 Å². The summed E-state index contributed by atoms with van der Waals surface area (Å²) in [6.45, 7) is 2.68. The maximum absolute atomic E-state index is 12.8. The van der Waals surface area contributed by atoms with E-state index in [1.807, 2.05) is 61.6 Å². The molecule has 0 aliphatic carbocycles. The summed E-state index contributed by atoms with van der Waals surface area (Å²) in [6.07, 6.45) is -0.532. The van der Waals surface area contributed by atoms with Crippen molar-refractivity contribution in [3.8, 4) is 16.9 Å². The predicted octanol–water partition coefficient (Wildman–Crippen LogP) is 4.93. The number of hydrogen-bond acceptors (Lipinski definition) is 3. The highest BCUT2D eigenvalue weighted by Gasteiger charge is 2.19. The minimum absolute atomic E-state index is 0.0456. The Morgan fingerprint density at radius 2 is 1.69 bits per heavy atom. The predicted molar refractivity (Wildman–Crippen MR) is 116 cm³/mol. The summed E-state index contributed by atoms with van der Waals surface area (Å²) >= 11 is 0. The van der Waals surface area contributed by atoms with Gasteiger partial charge in [-0.15, -0.1) is 0 Å². The fourth-order valence-electron chi connectivity index (χ4n) is 3.26. The van der Waals surface area contributed by atoms with Gasteiger partial charge in [-0.25, -0.2) is 0 Å². The van der Waals surface area contributed by atoms with Crippen LogP contribution in [0, 0.1) is 0 Å². The molecule has 1 amide bonds. The largest absolute Gasteiger partial charge is 0.497 e. The molecule has 0 heterocycles. The van der Waals surface area contributed by atoms with E-state index in [0.717, 1.165) is 28.0 Å². The van der Waals surface area contributed by atoms with Crippen LogP contribution < -0.4 is 4.74 Å². The molecule has 4 nitrogen and oxygen atoms in total. The van der Waals surface area contributed by atoms with Gasteiger partial charge in [0, 0.05) is 13.6 Å². The van der Waals surface area contributed by atoms with E-state index in [4.69, 9.17) is 9.47 Å². The normalized spacial score (nSPS) is 11.7. The maximum Gasteiger partial charge on any atom is 0.251 e. The summed E-state index contributed by atoms with van der Waals surface area (Å²) in [5.41, 5.74) is 4.36. The zero-order chi connectivity index (χ0) is 20.6. The van der Waals surface area contributed by atoms with Gasteiger partial charge in [-0.2, -0.15) is 0 Å². The first-order valence-corrected chi connectivity index (χ1v) is 9.71. The van der Waals surface area contributed by atoms with E-state index >= 15 is 0 Å². The molecule has 0 spiro atoms. The van der Waals surface area contributed by atoms with Crippen molar-refractivity contribution >= 4 is 5.91 Å². The number of benzene rings is 3. The molecule has 3 aromatic carbocycles. The van der Waals surface area contributed by atoms with Gasteiger partial charge in [0.1, 0.15) is 11.9 Å². The molecular formula is C25H27NO3. The van der Waals surface area contributed by atoms with E-state index in [0.29, 0.717) is 13.2 Å². The van der Waals surface area contributed by atoms with Crippen LogP contribution in [0.4, 0.5) is 0 Å². The molecule has 4 heteroatoms. The minimum atomic E-state index is -0.532. The lowest BCUT2D eigenvalue weighted by atomic mass is 9.99. The first-order chi connectivity index (χ1) is 14.1. The lowest BCUT2D eigenvalue weighted by molar-refractivity contribution is -0.142. The van der Waals surface area contributed by atoms with E-state index in [2.05, 4.69) is 24.3 Å². The number of amides is 1. The third-order valence-corrected chi connectivity index (χ3v) is 4.87. The molecule has 0 saturated heterocycles. The lowest BCUT2D eigenvalue weighted by Crippen LogP contribution is -2.36. The van der Waals surface area contributed by atoms with E-state index in [-0.39, 0.29) is 5.91 Å². The maximum atomic E-state index is 12.8. The Morgan fingerprint density at radius 3 is 2.45 bits per heavy atom. The summed E-state index contributed by atoms with van der Waals surface area (Å²) in [7, 11) is 3.45. The Labute approximate surface area is 172 Å². The summed E-state index contributed by atoms with van der Waals surface area (Å²) in [5, 5.41) is 0. The number of likely N-dealkylation sites (N-methyl/N-ethyl adjacent to an activating group) is 1. The van der Waals surface area contributed by atoms with Crippen LogP contribution >= 0.6 is 0 Å². The highest BCUT2D eigenvalue weighted by Crippen LogP contribution is 2.24. The van der Waals surface area contributed by atoms with Gasteiger partial charge in [0.25, 0.3) is 5.91 Å². The van der Waals surface area contributed by atoms with Crippen molar-refractivity contribution in [2.75, 3.05) is 14.2 Å². The van der Waals surface area contributed by atoms with Crippen LogP contribution in [-0.2, 0) is 22.7 Å². The quantitative estimate of drug-likeness (QED) is 0.549. The molecule has 0 aliphatic rings. The summed E-state index contributed by atoms with van der Waals surface area (Å²) in [6, 6.07) is 26.1. The second kappa shape index (κ2) is 9.89. The SMILES string of the molecule is COc1cccc(COC(C)C(=O)N(C)Cc2ccccc2-c2ccccc2)c1. The first-order valence-electron chi connectivity index (χ1n) is 9.71. The Bertz CT molecular complexity index is 940. The highest BCUT2D eigenvalue weighted by atomic mass is 16.5. The molecule has 0 aromatic heterocycles. The minimum Gasteiger partial charge on any atom is -0.497 e. The molecule has 3 rings (SSSR count). The number of hydrogen-bond donors (Lipinski definition) is 0. The van der Waals surface area contributed by atoms with Crippen molar-refractivity contribution in [1.82, 2.24) is 4.90 Å². The molecule has 1 unspecified atom stereocenters. The molecule has 0 radical (unpaired) electrons. The van der Waals surface area contributed by atoms with E-state index in [1.165, 1.54) is 0 Å². The van der Waals surface area contributed by atoms with Crippen LogP contribution in [-0.4, -0.2) is 31.1 Å². The van der Waals surface area contributed by atoms with Gasteiger partial charge < -0.3 is 14.4 Å². The second-order valence-electron chi connectivity index (χ2n) is 7.02. The Kier molecular flexibility index (Phi) is 7.04. The monoisotopic (exact) mass is 389 g/mol. The molecule has 150 valence electrons. The third-order valence-electron chi connectivity index (χ3n) is 4.87. The van der Waals surface area contributed by atoms with E-state index in [1.54, 1.807) is 18.9 Å². The molecule has 1 atom stereocenters. The fourth-order valence-corrected chi connectivity index (χ4v) is 3.26. The first kappa shape index (κ1) is 20.6. The molecular weight excluding hydrogens is 362 g/mol. The average Bonchev–Trinajstić information content (AvgIpc) is 2.78. The molecule has 0 saturated carbocycles. The summed E-state index contributed by atoms with van der Waals surface area (Å²) < 4.78 is 11.0. The van der Waals surface area contributed by atoms with Gasteiger partial charge in [0.05, 0.1) is 13.7 Å². The molecule has 0 aliphatic heterocycles. The average molecular weight is 389 g/mol. The van der Waals surface area contributed by atoms with Crippen LogP contribution in [0.25, 0.3) is 11.1 Å². The van der Waals surface area contributed by atoms with E-state index in [9.17, 15) is 4.79 Å². The fraction of sp³-hybridized carbons (Fsp3) is 0.240. The highest BCUT2D eigenvalue weighted by molar-refractivity contribution is 5.80. The van der Waals surface area contributed by atoms with Crippen molar-refractivity contribution in [2.45, 2.75) is 26.2 Å². The van der Waals surface area contributed by atoms with Gasteiger partial charge in [-0.1, -0.05) is 66.7 Å². The van der Waals surface area contributed by atoms with Crippen LogP contribution in [0.5, 0.6) is 5.75 Å². The van der Waals surface area contributed by atoms with Gasteiger partial charge in [0.2, 0.25) is 0 Å². The van der Waals surface area contributed by atoms with Gasteiger partial charge in [-0.05, 0) is 41.3 Å². The van der Waals surface area contributed by atoms with E-state index < -0.39 is 6.10 Å². The number of methoxy groups -OCH3 is 1. The molecule has 29 heavy (non-hydrogen) atoms. The topological polar surface area (TPSA) is 38.8 Å². The zero-order valence-electron chi connectivity index (χ0n) is 17.2. The van der Waals surface area contributed by atoms with Crippen LogP contribution in [0.3, 0.4) is 0 Å². The summed E-state index contributed by atoms with van der Waals surface area (Å²) in [5.74, 6) is 0.732. The van der Waals surface area contributed by atoms with Crippen molar-refractivity contribution in [2.24, 2.45) is 0 Å². The Balaban J connectivity index is 1.63. The van der Waals surface area contributed by atoms with Crippen molar-refractivity contribution in [3.05, 3.63) is 90.0 Å². The van der Waals surface area contributed by atoms with Gasteiger partial charge >= 0.3 is 0 Å². The number of carbonyl (C=O) groups excluding carboxylic acids is 1. The van der Waals surface area contributed by atoms with Crippen LogP contribution in [0.2, 0.25) is 0 Å². The third kappa shape index (κ3) is 5.46. The van der Waals surface area contributed by atoms with Crippen LogP contribution in [0.1, 0.15) is 18.1 Å². The molecule has 3 aromatic rings. The number of carbonyl (C=O) groups is 1. The Hall–Kier alpha value is -3.11. The number of nitrogens with zero attached hydrogens (tertiary/aromatic N) is 1. The van der Waals surface area contributed by atoms with Gasteiger partial charge in [-0.3, -0.25) is 4.79 Å². The standard InChI is InChI=1S/C25H27NO3/c1-19(29-18-20-10-9-14-23(16-20)28-3)25(27)26(2)17-22-13-7-8-15-24(22)21-11-5-4-6-12-21/h4-16,19H,17-18H2,1-3H3. The zero-order valence-corrected chi connectivity index (χ0v) is 17.2. The van der Waals surface area contributed by atoms with Gasteiger partial charge in [0.15, 0.2) is 0 Å². The van der Waals surface area contributed by atoms with Crippen LogP contribution in [0.15, 0.2) is 78.9 Å². The number of ether oxygens (including phenoxy) is 2. The molecule has 0 N–H and O–H groups in total. The smallest absolute Gasteiger partial charge is 0.251 e. The van der Waals surface area contributed by atoms with Crippen molar-refractivity contribution in [1.29, 1.82) is 0 Å². The molecule has 0 fully saturated rings. The lowest BCUT2D eigenvalue weighted by Gasteiger charge is -2.23. The number of rotatable bonds is 8. The Morgan fingerprint density at radius 1 is 0.966 bits per heavy atom. The molecule has 0 bridgehead atoms.